The molecule has 2 rings (SSSR count). The summed E-state index contributed by atoms with van der Waals surface area (Å²) in [7, 11) is -1.16. The van der Waals surface area contributed by atoms with Gasteiger partial charge in [0.1, 0.15) is 6.33 Å². The molecule has 1 heterocycles. The predicted octanol–water partition coefficient (Wildman–Crippen LogP) is 1.82. The van der Waals surface area contributed by atoms with Gasteiger partial charge in [-0.3, -0.25) is 0 Å². The van der Waals surface area contributed by atoms with E-state index in [1.54, 1.807) is 31.3 Å². The van der Waals surface area contributed by atoms with E-state index < -0.39 is 20.4 Å². The molecule has 0 N–H and O–H groups in total. The highest BCUT2D eigenvalue weighted by atomic mass is 35.5. The number of nitrogens with zero attached hydrogens (tertiary/aromatic N) is 5. The third-order valence-electron chi connectivity index (χ3n) is 4.60. The topological polar surface area (TPSA) is 95.8 Å². The van der Waals surface area contributed by atoms with E-state index in [1.165, 1.54) is 42.3 Å². The van der Waals surface area contributed by atoms with Crippen LogP contribution in [0.2, 0.25) is 5.02 Å². The van der Waals surface area contributed by atoms with E-state index in [1.807, 2.05) is 0 Å². The second-order valence-corrected chi connectivity index (χ2v) is 11.8. The molecule has 0 amide bonds. The van der Waals surface area contributed by atoms with Gasteiger partial charge in [0, 0.05) is 52.5 Å². The van der Waals surface area contributed by atoms with Crippen LogP contribution in [0.4, 0.5) is 0 Å². The number of halogens is 1. The molecule has 30 heavy (non-hydrogen) atoms. The Morgan fingerprint density at radius 2 is 1.60 bits per heavy atom. The minimum Gasteiger partial charge on any atom is -0.241 e. The summed E-state index contributed by atoms with van der Waals surface area (Å²) in [5.74, 6) is 0. The van der Waals surface area contributed by atoms with Crippen molar-refractivity contribution >= 4 is 32.0 Å². The highest BCUT2D eigenvalue weighted by Crippen LogP contribution is 2.14. The highest BCUT2D eigenvalue weighted by Gasteiger charge is 2.23. The van der Waals surface area contributed by atoms with Gasteiger partial charge in [0.15, 0.2) is 0 Å². The van der Waals surface area contributed by atoms with E-state index in [0.29, 0.717) is 36.5 Å². The van der Waals surface area contributed by atoms with Gasteiger partial charge >= 0.3 is 10.2 Å². The Labute approximate surface area is 184 Å². The van der Waals surface area contributed by atoms with Crippen molar-refractivity contribution in [2.75, 3.05) is 34.7 Å². The van der Waals surface area contributed by atoms with Gasteiger partial charge in [0.05, 0.1) is 5.69 Å². The highest BCUT2D eigenvalue weighted by molar-refractivity contribution is 7.87. The second kappa shape index (κ2) is 10.2. The van der Waals surface area contributed by atoms with Gasteiger partial charge in [0.25, 0.3) is 10.2 Å². The molecule has 1 aromatic heterocycles. The Kier molecular flexibility index (Phi) is 8.43. The Hall–Kier alpha value is -1.50. The number of rotatable bonds is 11. The molecular weight excluding hydrogens is 450 g/mol. The largest absolute Gasteiger partial charge is 0.308 e. The first kappa shape index (κ1) is 24.8. The van der Waals surface area contributed by atoms with E-state index >= 15 is 0 Å². The van der Waals surface area contributed by atoms with Crippen molar-refractivity contribution in [1.82, 2.24) is 21.9 Å². The van der Waals surface area contributed by atoms with Crippen LogP contribution >= 0.6 is 11.6 Å². The van der Waals surface area contributed by atoms with Crippen LogP contribution in [-0.2, 0) is 33.4 Å². The summed E-state index contributed by atoms with van der Waals surface area (Å²) in [5, 5.41) is 0.602. The maximum Gasteiger partial charge on any atom is 0.308 e. The summed E-state index contributed by atoms with van der Waals surface area (Å²) in [4.78, 5) is 4.12. The van der Waals surface area contributed by atoms with E-state index in [-0.39, 0.29) is 6.54 Å². The number of benzene rings is 1. The molecule has 0 aliphatic carbocycles. The average Bonchev–Trinajstić information content (AvgIpc) is 3.16. The molecule has 0 aliphatic rings. The summed E-state index contributed by atoms with van der Waals surface area (Å²) in [5.41, 5.74) is 1.49. The lowest BCUT2D eigenvalue weighted by Gasteiger charge is -2.24. The fraction of sp³-hybridized carbons (Fsp3) is 0.500. The molecule has 0 aliphatic heterocycles. The van der Waals surface area contributed by atoms with Gasteiger partial charge in [-0.1, -0.05) is 23.7 Å². The van der Waals surface area contributed by atoms with Crippen LogP contribution in [0.15, 0.2) is 36.8 Å². The maximum atomic E-state index is 12.7. The fourth-order valence-corrected chi connectivity index (χ4v) is 4.78. The summed E-state index contributed by atoms with van der Waals surface area (Å²) >= 11 is 5.86. The third kappa shape index (κ3) is 6.25. The quantitative estimate of drug-likeness (QED) is 0.460. The van der Waals surface area contributed by atoms with Crippen LogP contribution in [0, 0.1) is 0 Å². The molecule has 0 saturated heterocycles. The number of hydrogen-bond donors (Lipinski definition) is 0. The molecule has 0 spiro atoms. The first-order valence-electron chi connectivity index (χ1n) is 9.32. The fourth-order valence-electron chi connectivity index (χ4n) is 2.71. The van der Waals surface area contributed by atoms with Crippen molar-refractivity contribution < 1.29 is 16.8 Å². The molecule has 1 aromatic carbocycles. The first-order valence-corrected chi connectivity index (χ1v) is 12.5. The number of hydrogen-bond acceptors (Lipinski definition) is 5. The van der Waals surface area contributed by atoms with Gasteiger partial charge < -0.3 is 0 Å². The van der Waals surface area contributed by atoms with E-state index in [9.17, 15) is 16.8 Å². The normalized spacial score (nSPS) is 12.9. The van der Waals surface area contributed by atoms with E-state index in [2.05, 4.69) is 4.98 Å². The first-order chi connectivity index (χ1) is 13.9. The number of aromatic nitrogens is 2. The van der Waals surface area contributed by atoms with Crippen molar-refractivity contribution in [3.63, 3.8) is 0 Å². The van der Waals surface area contributed by atoms with Crippen LogP contribution < -0.4 is 0 Å². The smallest absolute Gasteiger partial charge is 0.241 e. The van der Waals surface area contributed by atoms with Gasteiger partial charge in [-0.15, -0.1) is 0 Å². The minimum atomic E-state index is -3.59. The van der Waals surface area contributed by atoms with Crippen molar-refractivity contribution in [1.29, 1.82) is 0 Å². The van der Waals surface area contributed by atoms with E-state index in [4.69, 9.17) is 11.6 Å². The Bertz CT molecular complexity index is 1040. The van der Waals surface area contributed by atoms with E-state index in [0.717, 1.165) is 13.8 Å². The lowest BCUT2D eigenvalue weighted by atomic mass is 10.2. The zero-order valence-corrected chi connectivity index (χ0v) is 20.0. The standard InChI is InChI=1S/C18H28ClN5O4S2/c1-21(2)29(25,26)24-14-18(20-15-24)7-5-6-12-22(3)30(27,28)23(4)13-16-8-10-17(19)11-9-16/h8-11,14-15H,5-7,12-13H2,1-4H3. The van der Waals surface area contributed by atoms with Crippen LogP contribution in [0.25, 0.3) is 0 Å². The zero-order chi connectivity index (χ0) is 22.5. The van der Waals surface area contributed by atoms with Gasteiger partial charge in [-0.05, 0) is 37.0 Å². The van der Waals surface area contributed by atoms with Gasteiger partial charge in [-0.2, -0.15) is 29.8 Å². The summed E-state index contributed by atoms with van der Waals surface area (Å²) < 4.78 is 54.3. The van der Waals surface area contributed by atoms with Crippen molar-refractivity contribution in [3.05, 3.63) is 53.1 Å². The molecule has 0 bridgehead atoms. The lowest BCUT2D eigenvalue weighted by Crippen LogP contribution is -2.39. The van der Waals surface area contributed by atoms with Gasteiger partial charge in [-0.25, -0.2) is 8.96 Å². The summed E-state index contributed by atoms with van der Waals surface area (Å²) in [6.45, 7) is 0.603. The van der Waals surface area contributed by atoms with Crippen molar-refractivity contribution in [3.8, 4) is 0 Å². The molecule has 9 nitrogen and oxygen atoms in total. The Morgan fingerprint density at radius 1 is 0.967 bits per heavy atom. The molecule has 168 valence electrons. The minimum absolute atomic E-state index is 0.252. The SMILES string of the molecule is CN(CCCCc1cn(S(=O)(=O)N(C)C)cn1)S(=O)(=O)N(C)Cc1ccc(Cl)cc1. The molecule has 0 unspecified atom stereocenters. The van der Waals surface area contributed by atoms with Crippen LogP contribution in [0.5, 0.6) is 0 Å². The van der Waals surface area contributed by atoms with Crippen LogP contribution in [0.1, 0.15) is 24.1 Å². The zero-order valence-electron chi connectivity index (χ0n) is 17.6. The molecule has 0 saturated carbocycles. The Balaban J connectivity index is 1.84. The number of imidazole rings is 1. The third-order valence-corrected chi connectivity index (χ3v) is 8.40. The number of aryl methyl sites for hydroxylation is 1. The van der Waals surface area contributed by atoms with Gasteiger partial charge in [0.2, 0.25) is 0 Å². The molecule has 0 fully saturated rings. The monoisotopic (exact) mass is 477 g/mol. The lowest BCUT2D eigenvalue weighted by molar-refractivity contribution is 0.383. The summed E-state index contributed by atoms with van der Waals surface area (Å²) in [6.07, 6.45) is 4.62. The second-order valence-electron chi connectivity index (χ2n) is 7.15. The van der Waals surface area contributed by atoms with Crippen LogP contribution in [0.3, 0.4) is 0 Å². The molecule has 2 aromatic rings. The molecular formula is C18H28ClN5O4S2. The predicted molar refractivity (Wildman–Crippen MR) is 118 cm³/mol. The van der Waals surface area contributed by atoms with Crippen molar-refractivity contribution in [2.45, 2.75) is 25.8 Å². The van der Waals surface area contributed by atoms with Crippen molar-refractivity contribution in [2.24, 2.45) is 0 Å². The summed E-state index contributed by atoms with van der Waals surface area (Å²) in [6, 6.07) is 7.05. The molecule has 0 radical (unpaired) electrons. The Morgan fingerprint density at radius 3 is 2.20 bits per heavy atom. The average molecular weight is 478 g/mol. The maximum absolute atomic E-state index is 12.7. The molecule has 0 atom stereocenters. The van der Waals surface area contributed by atoms with Crippen LogP contribution in [-0.4, -0.2) is 73.4 Å². The number of unbranched alkanes of at least 4 members (excludes halogenated alkanes) is 1. The molecule has 12 heteroatoms.